The van der Waals surface area contributed by atoms with E-state index in [1.165, 1.54) is 0 Å². The summed E-state index contributed by atoms with van der Waals surface area (Å²) < 4.78 is 6.26. The fraction of sp³-hybridized carbons (Fsp3) is 0.333. The third-order valence-electron chi connectivity index (χ3n) is 2.83. The molecule has 1 aliphatic rings. The zero-order chi connectivity index (χ0) is 12.4. The number of rotatable bonds is 2. The zero-order valence-electron chi connectivity index (χ0n) is 9.77. The SMILES string of the molecule is Brc1cnc2c(NN3CCOCC3)ccnc2c1. The summed E-state index contributed by atoms with van der Waals surface area (Å²) in [5.74, 6) is 0. The number of pyridine rings is 2. The van der Waals surface area contributed by atoms with Gasteiger partial charge in [-0.3, -0.25) is 9.97 Å². The van der Waals surface area contributed by atoms with Crippen LogP contribution in [-0.4, -0.2) is 41.3 Å². The molecule has 0 bridgehead atoms. The Bertz CT molecular complexity index is 557. The van der Waals surface area contributed by atoms with Crippen LogP contribution in [-0.2, 0) is 4.74 Å². The number of hydrazine groups is 1. The first kappa shape index (κ1) is 11.8. The van der Waals surface area contributed by atoms with E-state index in [2.05, 4.69) is 36.3 Å². The van der Waals surface area contributed by atoms with E-state index < -0.39 is 0 Å². The van der Waals surface area contributed by atoms with E-state index >= 15 is 0 Å². The fourth-order valence-electron chi connectivity index (χ4n) is 1.94. The van der Waals surface area contributed by atoms with Crippen molar-refractivity contribution in [1.29, 1.82) is 0 Å². The molecule has 1 N–H and O–H groups in total. The van der Waals surface area contributed by atoms with E-state index in [9.17, 15) is 0 Å². The Hall–Kier alpha value is -1.24. The monoisotopic (exact) mass is 308 g/mol. The van der Waals surface area contributed by atoms with Gasteiger partial charge in [-0.15, -0.1) is 0 Å². The molecule has 6 heteroatoms. The van der Waals surface area contributed by atoms with Gasteiger partial charge >= 0.3 is 0 Å². The largest absolute Gasteiger partial charge is 0.379 e. The number of nitrogens with one attached hydrogen (secondary N) is 1. The zero-order valence-corrected chi connectivity index (χ0v) is 11.4. The molecule has 0 radical (unpaired) electrons. The lowest BCUT2D eigenvalue weighted by Gasteiger charge is -2.28. The minimum Gasteiger partial charge on any atom is -0.379 e. The normalized spacial score (nSPS) is 16.9. The number of anilines is 1. The van der Waals surface area contributed by atoms with Crippen molar-refractivity contribution < 1.29 is 4.74 Å². The van der Waals surface area contributed by atoms with E-state index in [4.69, 9.17) is 4.74 Å². The molecule has 0 aromatic carbocycles. The quantitative estimate of drug-likeness (QED) is 0.920. The molecule has 2 aromatic rings. The van der Waals surface area contributed by atoms with Crippen LogP contribution in [0.3, 0.4) is 0 Å². The van der Waals surface area contributed by atoms with Crippen molar-refractivity contribution in [3.05, 3.63) is 29.0 Å². The molecule has 1 aliphatic heterocycles. The highest BCUT2D eigenvalue weighted by Gasteiger charge is 2.12. The molecule has 0 aliphatic carbocycles. The predicted octanol–water partition coefficient (Wildman–Crippen LogP) is 2.05. The number of ether oxygens (including phenoxy) is 1. The molecule has 94 valence electrons. The average Bonchev–Trinajstić information content (AvgIpc) is 2.40. The predicted molar refractivity (Wildman–Crippen MR) is 73.3 cm³/mol. The van der Waals surface area contributed by atoms with Gasteiger partial charge in [0.05, 0.1) is 24.4 Å². The Kier molecular flexibility index (Phi) is 3.40. The Morgan fingerprint density at radius 3 is 2.94 bits per heavy atom. The van der Waals surface area contributed by atoms with Gasteiger partial charge in [0.2, 0.25) is 0 Å². The highest BCUT2D eigenvalue weighted by Crippen LogP contribution is 2.22. The molecular weight excluding hydrogens is 296 g/mol. The van der Waals surface area contributed by atoms with Gasteiger partial charge in [-0.2, -0.15) is 0 Å². The Labute approximate surface area is 113 Å². The first-order valence-corrected chi connectivity index (χ1v) is 6.62. The second-order valence-electron chi connectivity index (χ2n) is 4.09. The minimum atomic E-state index is 0.759. The van der Waals surface area contributed by atoms with E-state index in [1.807, 2.05) is 12.1 Å². The smallest absolute Gasteiger partial charge is 0.113 e. The van der Waals surface area contributed by atoms with Crippen molar-refractivity contribution >= 4 is 32.7 Å². The molecule has 3 heterocycles. The number of aromatic nitrogens is 2. The third-order valence-corrected chi connectivity index (χ3v) is 3.27. The van der Waals surface area contributed by atoms with Crippen LogP contribution in [0.5, 0.6) is 0 Å². The van der Waals surface area contributed by atoms with Crippen LogP contribution in [0.4, 0.5) is 5.69 Å². The van der Waals surface area contributed by atoms with Gasteiger partial charge in [-0.1, -0.05) is 0 Å². The number of hydrogen-bond donors (Lipinski definition) is 1. The maximum atomic E-state index is 5.32. The maximum absolute atomic E-state index is 5.32. The number of halogens is 1. The van der Waals surface area contributed by atoms with Crippen LogP contribution < -0.4 is 5.43 Å². The maximum Gasteiger partial charge on any atom is 0.113 e. The molecule has 5 nitrogen and oxygen atoms in total. The molecule has 3 rings (SSSR count). The summed E-state index contributed by atoms with van der Waals surface area (Å²) in [6, 6.07) is 3.91. The summed E-state index contributed by atoms with van der Waals surface area (Å²) in [4.78, 5) is 8.74. The molecule has 0 unspecified atom stereocenters. The average molecular weight is 309 g/mol. The fourth-order valence-corrected chi connectivity index (χ4v) is 2.26. The van der Waals surface area contributed by atoms with Crippen LogP contribution in [0, 0.1) is 0 Å². The van der Waals surface area contributed by atoms with Crippen molar-refractivity contribution in [1.82, 2.24) is 15.0 Å². The number of fused-ring (bicyclic) bond motifs is 1. The van der Waals surface area contributed by atoms with E-state index in [-0.39, 0.29) is 0 Å². The van der Waals surface area contributed by atoms with Crippen molar-refractivity contribution in [2.75, 3.05) is 31.7 Å². The van der Waals surface area contributed by atoms with E-state index in [0.717, 1.165) is 47.5 Å². The van der Waals surface area contributed by atoms with Gasteiger partial charge in [0, 0.05) is 30.0 Å². The first-order valence-electron chi connectivity index (χ1n) is 5.82. The summed E-state index contributed by atoms with van der Waals surface area (Å²) in [5.41, 5.74) is 6.12. The lowest BCUT2D eigenvalue weighted by molar-refractivity contribution is 0.0497. The second kappa shape index (κ2) is 5.17. The summed E-state index contributed by atoms with van der Waals surface area (Å²) >= 11 is 3.41. The summed E-state index contributed by atoms with van der Waals surface area (Å²) in [6.07, 6.45) is 3.58. The molecule has 0 amide bonds. The molecule has 1 fully saturated rings. The molecule has 2 aromatic heterocycles. The molecule has 0 spiro atoms. The van der Waals surface area contributed by atoms with Gasteiger partial charge in [0.25, 0.3) is 0 Å². The van der Waals surface area contributed by atoms with Crippen molar-refractivity contribution in [3.8, 4) is 0 Å². The lowest BCUT2D eigenvalue weighted by Crippen LogP contribution is -2.40. The minimum absolute atomic E-state index is 0.759. The van der Waals surface area contributed by atoms with Gasteiger partial charge in [0.15, 0.2) is 0 Å². The second-order valence-corrected chi connectivity index (χ2v) is 5.01. The Balaban J connectivity index is 1.91. The van der Waals surface area contributed by atoms with Gasteiger partial charge in [-0.05, 0) is 28.1 Å². The summed E-state index contributed by atoms with van der Waals surface area (Å²) in [7, 11) is 0. The summed E-state index contributed by atoms with van der Waals surface area (Å²) in [5, 5.41) is 2.14. The highest BCUT2D eigenvalue weighted by atomic mass is 79.9. The first-order chi connectivity index (χ1) is 8.83. The number of morpholine rings is 1. The molecule has 18 heavy (non-hydrogen) atoms. The molecule has 0 saturated carbocycles. The molecule has 0 atom stereocenters. The number of hydrogen-bond acceptors (Lipinski definition) is 5. The van der Waals surface area contributed by atoms with Gasteiger partial charge in [0.1, 0.15) is 5.52 Å². The molecular formula is C12H13BrN4O. The van der Waals surface area contributed by atoms with E-state index in [1.54, 1.807) is 12.4 Å². The van der Waals surface area contributed by atoms with Crippen LogP contribution in [0.2, 0.25) is 0 Å². The third kappa shape index (κ3) is 2.45. The van der Waals surface area contributed by atoms with Crippen LogP contribution >= 0.6 is 15.9 Å². The van der Waals surface area contributed by atoms with Crippen molar-refractivity contribution in [2.24, 2.45) is 0 Å². The Morgan fingerprint density at radius 1 is 1.28 bits per heavy atom. The van der Waals surface area contributed by atoms with Crippen LogP contribution in [0.15, 0.2) is 29.0 Å². The molecule has 1 saturated heterocycles. The highest BCUT2D eigenvalue weighted by molar-refractivity contribution is 9.10. The van der Waals surface area contributed by atoms with Gasteiger partial charge < -0.3 is 10.2 Å². The van der Waals surface area contributed by atoms with Gasteiger partial charge in [-0.25, -0.2) is 5.01 Å². The number of nitrogens with zero attached hydrogens (tertiary/aromatic N) is 3. The van der Waals surface area contributed by atoms with E-state index in [0.29, 0.717) is 0 Å². The summed E-state index contributed by atoms with van der Waals surface area (Å²) in [6.45, 7) is 3.27. The standard InChI is InChI=1S/C12H13BrN4O/c13-9-7-11-12(15-8-9)10(1-2-14-11)16-17-3-5-18-6-4-17/h1-2,7-8H,3-6H2,(H,14,16). The lowest BCUT2D eigenvalue weighted by atomic mass is 10.3. The topological polar surface area (TPSA) is 50.3 Å². The van der Waals surface area contributed by atoms with Crippen LogP contribution in [0.25, 0.3) is 11.0 Å². The van der Waals surface area contributed by atoms with Crippen LogP contribution in [0.1, 0.15) is 0 Å². The Morgan fingerprint density at radius 2 is 2.11 bits per heavy atom. The van der Waals surface area contributed by atoms with Crippen molar-refractivity contribution in [3.63, 3.8) is 0 Å². The van der Waals surface area contributed by atoms with Crippen molar-refractivity contribution in [2.45, 2.75) is 0 Å².